The number of rotatable bonds is 2. The van der Waals surface area contributed by atoms with Gasteiger partial charge in [0.25, 0.3) is 0 Å². The van der Waals surface area contributed by atoms with Crippen LogP contribution in [0.15, 0.2) is 0 Å². The van der Waals surface area contributed by atoms with Crippen LogP contribution < -0.4 is 0 Å². The minimum atomic E-state index is -0.0113. The van der Waals surface area contributed by atoms with Crippen molar-refractivity contribution in [3.05, 3.63) is 0 Å². The normalized spacial score (nSPS) is 40.0. The minimum Gasteiger partial charge on any atom is -0.392 e. The first-order chi connectivity index (χ1) is 7.27. The molecule has 1 saturated carbocycles. The van der Waals surface area contributed by atoms with E-state index in [-0.39, 0.29) is 6.10 Å². The molecule has 2 heteroatoms. The molecule has 15 heavy (non-hydrogen) atoms. The summed E-state index contributed by atoms with van der Waals surface area (Å²) in [6, 6.07) is 0. The second-order valence-electron chi connectivity index (χ2n) is 5.42. The van der Waals surface area contributed by atoms with Crippen molar-refractivity contribution in [2.75, 3.05) is 5.75 Å². The van der Waals surface area contributed by atoms with Gasteiger partial charge in [0, 0.05) is 5.25 Å². The van der Waals surface area contributed by atoms with Gasteiger partial charge in [-0.3, -0.25) is 0 Å². The van der Waals surface area contributed by atoms with E-state index >= 15 is 0 Å². The fourth-order valence-corrected chi connectivity index (χ4v) is 4.39. The van der Waals surface area contributed by atoms with Crippen LogP contribution in [0.5, 0.6) is 0 Å². The van der Waals surface area contributed by atoms with Crippen molar-refractivity contribution in [1.29, 1.82) is 0 Å². The Balaban J connectivity index is 1.81. The molecule has 1 nitrogen and oxygen atoms in total. The highest BCUT2D eigenvalue weighted by Gasteiger charge is 2.31. The van der Waals surface area contributed by atoms with Crippen molar-refractivity contribution in [3.8, 4) is 0 Å². The van der Waals surface area contributed by atoms with Crippen LogP contribution in [0.2, 0.25) is 0 Å². The van der Waals surface area contributed by atoms with Gasteiger partial charge in [0.1, 0.15) is 0 Å². The molecule has 0 radical (unpaired) electrons. The third-order valence-corrected chi connectivity index (χ3v) is 5.61. The van der Waals surface area contributed by atoms with Gasteiger partial charge in [-0.25, -0.2) is 0 Å². The largest absolute Gasteiger partial charge is 0.392 e. The first-order valence-electron chi connectivity index (χ1n) is 6.57. The molecule has 1 saturated heterocycles. The average molecular weight is 228 g/mol. The fraction of sp³-hybridized carbons (Fsp3) is 1.00. The van der Waals surface area contributed by atoms with Gasteiger partial charge < -0.3 is 5.11 Å². The third-order valence-electron chi connectivity index (χ3n) is 4.14. The molecule has 88 valence electrons. The highest BCUT2D eigenvalue weighted by Crippen LogP contribution is 2.37. The Kier molecular flexibility index (Phi) is 4.39. The highest BCUT2D eigenvalue weighted by atomic mass is 32.2. The van der Waals surface area contributed by atoms with E-state index in [0.29, 0.717) is 11.2 Å². The Morgan fingerprint density at radius 2 is 1.80 bits per heavy atom. The van der Waals surface area contributed by atoms with Crippen LogP contribution in [-0.2, 0) is 0 Å². The molecule has 1 aliphatic carbocycles. The van der Waals surface area contributed by atoms with Crippen LogP contribution in [0.1, 0.15) is 51.9 Å². The minimum absolute atomic E-state index is 0.0113. The van der Waals surface area contributed by atoms with Crippen molar-refractivity contribution >= 4 is 11.8 Å². The summed E-state index contributed by atoms with van der Waals surface area (Å²) >= 11 is 2.02. The van der Waals surface area contributed by atoms with E-state index in [4.69, 9.17) is 0 Å². The standard InChI is InChI=1S/C13H24OS/c1-10-5-7-11(8-6-10)13(14)12-4-2-3-9-15-12/h10-14H,2-9H2,1H3. The summed E-state index contributed by atoms with van der Waals surface area (Å²) in [7, 11) is 0. The molecule has 1 N–H and O–H groups in total. The molecule has 2 rings (SSSR count). The SMILES string of the molecule is CC1CCC(C(O)C2CCCCS2)CC1. The molecule has 2 unspecified atom stereocenters. The summed E-state index contributed by atoms with van der Waals surface area (Å²) in [4.78, 5) is 0. The summed E-state index contributed by atoms with van der Waals surface area (Å²) < 4.78 is 0. The molecule has 0 bridgehead atoms. The van der Waals surface area contributed by atoms with Crippen LogP contribution in [0.4, 0.5) is 0 Å². The lowest BCUT2D eigenvalue weighted by molar-refractivity contribution is 0.0708. The average Bonchev–Trinajstić information content (AvgIpc) is 2.30. The van der Waals surface area contributed by atoms with Crippen LogP contribution in [-0.4, -0.2) is 22.2 Å². The van der Waals surface area contributed by atoms with Gasteiger partial charge >= 0.3 is 0 Å². The number of hydrogen-bond acceptors (Lipinski definition) is 2. The molecule has 1 heterocycles. The highest BCUT2D eigenvalue weighted by molar-refractivity contribution is 8.00. The first kappa shape index (κ1) is 11.8. The maximum Gasteiger partial charge on any atom is 0.0686 e. The van der Waals surface area contributed by atoms with Crippen molar-refractivity contribution in [2.45, 2.75) is 63.2 Å². The lowest BCUT2D eigenvalue weighted by Crippen LogP contribution is -2.35. The lowest BCUT2D eigenvalue weighted by atomic mass is 9.79. The molecule has 0 aromatic heterocycles. The number of aliphatic hydroxyl groups is 1. The molecule has 2 fully saturated rings. The lowest BCUT2D eigenvalue weighted by Gasteiger charge is -2.35. The van der Waals surface area contributed by atoms with Crippen LogP contribution in [0.25, 0.3) is 0 Å². The first-order valence-corrected chi connectivity index (χ1v) is 7.62. The smallest absolute Gasteiger partial charge is 0.0686 e. The number of hydrogen-bond donors (Lipinski definition) is 1. The molecule has 0 aromatic carbocycles. The van der Waals surface area contributed by atoms with Gasteiger partial charge in [0.15, 0.2) is 0 Å². The zero-order valence-corrected chi connectivity index (χ0v) is 10.6. The summed E-state index contributed by atoms with van der Waals surface area (Å²) in [5, 5.41) is 10.9. The summed E-state index contributed by atoms with van der Waals surface area (Å²) in [5.74, 6) is 2.77. The zero-order chi connectivity index (χ0) is 10.7. The molecule has 0 aromatic rings. The molecular weight excluding hydrogens is 204 g/mol. The van der Waals surface area contributed by atoms with Crippen molar-refractivity contribution in [1.82, 2.24) is 0 Å². The maximum atomic E-state index is 10.4. The molecule has 0 amide bonds. The van der Waals surface area contributed by atoms with Gasteiger partial charge in [-0.1, -0.05) is 26.2 Å². The molecular formula is C13H24OS. The molecule has 0 spiro atoms. The van der Waals surface area contributed by atoms with E-state index in [9.17, 15) is 5.11 Å². The monoisotopic (exact) mass is 228 g/mol. The molecule has 1 aliphatic heterocycles. The molecule has 2 atom stereocenters. The second-order valence-corrected chi connectivity index (χ2v) is 6.76. The Bertz CT molecular complexity index is 181. The number of thioether (sulfide) groups is 1. The van der Waals surface area contributed by atoms with Crippen molar-refractivity contribution < 1.29 is 5.11 Å². The van der Waals surface area contributed by atoms with Gasteiger partial charge in [-0.15, -0.1) is 0 Å². The van der Waals surface area contributed by atoms with Crippen LogP contribution in [0, 0.1) is 11.8 Å². The molecule has 2 aliphatic rings. The van der Waals surface area contributed by atoms with E-state index in [1.54, 1.807) is 0 Å². The number of aliphatic hydroxyl groups excluding tert-OH is 1. The van der Waals surface area contributed by atoms with Crippen molar-refractivity contribution in [3.63, 3.8) is 0 Å². The summed E-state index contributed by atoms with van der Waals surface area (Å²) in [6.45, 7) is 2.35. The predicted octanol–water partition coefficient (Wildman–Crippen LogP) is 3.46. The Morgan fingerprint density at radius 3 is 2.40 bits per heavy atom. The van der Waals surface area contributed by atoms with E-state index in [1.807, 2.05) is 11.8 Å². The Labute approximate surface area is 98.0 Å². The van der Waals surface area contributed by atoms with Crippen LogP contribution in [0.3, 0.4) is 0 Å². The van der Waals surface area contributed by atoms with Gasteiger partial charge in [0.05, 0.1) is 6.10 Å². The van der Waals surface area contributed by atoms with Gasteiger partial charge in [-0.2, -0.15) is 11.8 Å². The van der Waals surface area contributed by atoms with E-state index < -0.39 is 0 Å². The van der Waals surface area contributed by atoms with E-state index in [2.05, 4.69) is 6.92 Å². The van der Waals surface area contributed by atoms with Crippen molar-refractivity contribution in [2.24, 2.45) is 11.8 Å². The Hall–Kier alpha value is 0.310. The van der Waals surface area contributed by atoms with Crippen LogP contribution >= 0.6 is 11.8 Å². The van der Waals surface area contributed by atoms with Gasteiger partial charge in [-0.05, 0) is 43.3 Å². The maximum absolute atomic E-state index is 10.4. The predicted molar refractivity (Wildman–Crippen MR) is 67.2 cm³/mol. The second kappa shape index (κ2) is 5.58. The topological polar surface area (TPSA) is 20.2 Å². The Morgan fingerprint density at radius 1 is 1.07 bits per heavy atom. The summed E-state index contributed by atoms with van der Waals surface area (Å²) in [6.07, 6.45) is 9.12. The van der Waals surface area contributed by atoms with E-state index in [0.717, 1.165) is 5.92 Å². The quantitative estimate of drug-likeness (QED) is 0.781. The zero-order valence-electron chi connectivity index (χ0n) is 9.82. The van der Waals surface area contributed by atoms with Gasteiger partial charge in [0.2, 0.25) is 0 Å². The van der Waals surface area contributed by atoms with E-state index in [1.165, 1.54) is 50.7 Å². The fourth-order valence-electron chi connectivity index (χ4n) is 2.97. The third kappa shape index (κ3) is 3.13. The summed E-state index contributed by atoms with van der Waals surface area (Å²) in [5.41, 5.74) is 0.